The summed E-state index contributed by atoms with van der Waals surface area (Å²) in [5, 5.41) is 12.0. The lowest BCUT2D eigenvalue weighted by molar-refractivity contribution is -0.121. The van der Waals surface area contributed by atoms with Crippen molar-refractivity contribution in [3.05, 3.63) is 60.2 Å². The molecule has 0 bridgehead atoms. The molecule has 0 atom stereocenters. The topological polar surface area (TPSA) is 72.2 Å². The van der Waals surface area contributed by atoms with E-state index in [-0.39, 0.29) is 5.91 Å². The van der Waals surface area contributed by atoms with E-state index >= 15 is 0 Å². The number of nitrogens with zero attached hydrogens (tertiary/aromatic N) is 4. The molecule has 3 rings (SSSR count). The molecule has 3 aromatic rings. The number of hydrogen-bond acceptors (Lipinski definition) is 4. The lowest BCUT2D eigenvalue weighted by Crippen LogP contribution is -2.19. The Morgan fingerprint density at radius 2 is 1.91 bits per heavy atom. The molecule has 6 nitrogen and oxygen atoms in total. The average molecular weight is 293 g/mol. The van der Waals surface area contributed by atoms with E-state index in [1.54, 1.807) is 10.9 Å². The van der Waals surface area contributed by atoms with Gasteiger partial charge in [-0.15, -0.1) is 5.10 Å². The predicted molar refractivity (Wildman–Crippen MR) is 84.3 cm³/mol. The summed E-state index contributed by atoms with van der Waals surface area (Å²) in [4.78, 5) is 11.8. The van der Waals surface area contributed by atoms with Crippen molar-refractivity contribution in [1.82, 2.24) is 20.4 Å². The van der Waals surface area contributed by atoms with E-state index < -0.39 is 0 Å². The van der Waals surface area contributed by atoms with Gasteiger partial charge in [0.2, 0.25) is 5.91 Å². The largest absolute Gasteiger partial charge is 0.273 e. The molecule has 2 aromatic carbocycles. The molecule has 0 spiro atoms. The van der Waals surface area contributed by atoms with Crippen molar-refractivity contribution in [1.29, 1.82) is 0 Å². The highest BCUT2D eigenvalue weighted by Crippen LogP contribution is 2.09. The van der Waals surface area contributed by atoms with Crippen LogP contribution in [0.1, 0.15) is 12.0 Å². The molecule has 1 heterocycles. The number of carbonyl (C=O) groups excluding carboxylic acids is 1. The Hall–Kier alpha value is -3.02. The van der Waals surface area contributed by atoms with E-state index in [1.807, 2.05) is 54.6 Å². The van der Waals surface area contributed by atoms with Crippen molar-refractivity contribution in [3.8, 4) is 0 Å². The summed E-state index contributed by atoms with van der Waals surface area (Å²) in [5.74, 6) is -0.160. The molecule has 0 saturated carbocycles. The number of rotatable bonds is 5. The first kappa shape index (κ1) is 13.9. The van der Waals surface area contributed by atoms with Gasteiger partial charge < -0.3 is 0 Å². The number of benzene rings is 2. The Morgan fingerprint density at radius 3 is 2.77 bits per heavy atom. The van der Waals surface area contributed by atoms with Crippen LogP contribution in [-0.2, 0) is 11.3 Å². The molecule has 0 aliphatic heterocycles. The highest BCUT2D eigenvalue weighted by molar-refractivity contribution is 5.82. The molecule has 0 aliphatic carbocycles. The van der Waals surface area contributed by atoms with Crippen LogP contribution in [0, 0.1) is 0 Å². The van der Waals surface area contributed by atoms with Crippen molar-refractivity contribution >= 4 is 23.2 Å². The fraction of sp³-hybridized carbons (Fsp3) is 0.125. The molecular weight excluding hydrogens is 278 g/mol. The second-order valence-electron chi connectivity index (χ2n) is 4.76. The van der Waals surface area contributed by atoms with Crippen LogP contribution in [0.4, 0.5) is 0 Å². The number of para-hydroxylation sites is 1. The molecule has 22 heavy (non-hydrogen) atoms. The molecule has 0 fully saturated rings. The fourth-order valence-corrected chi connectivity index (χ4v) is 2.06. The molecule has 1 aromatic heterocycles. The van der Waals surface area contributed by atoms with Crippen LogP contribution in [-0.4, -0.2) is 27.1 Å². The normalized spacial score (nSPS) is 11.1. The maximum Gasteiger partial charge on any atom is 0.241 e. The third-order valence-electron chi connectivity index (χ3n) is 3.17. The van der Waals surface area contributed by atoms with E-state index in [0.717, 1.165) is 16.6 Å². The highest BCUT2D eigenvalue weighted by atomic mass is 16.2. The number of amides is 1. The first-order valence-corrected chi connectivity index (χ1v) is 6.98. The molecule has 0 saturated heterocycles. The van der Waals surface area contributed by atoms with Crippen molar-refractivity contribution in [2.24, 2.45) is 5.10 Å². The van der Waals surface area contributed by atoms with Gasteiger partial charge in [0.15, 0.2) is 0 Å². The van der Waals surface area contributed by atoms with E-state index in [2.05, 4.69) is 20.8 Å². The van der Waals surface area contributed by atoms with Crippen LogP contribution in [0.5, 0.6) is 0 Å². The van der Waals surface area contributed by atoms with Crippen LogP contribution < -0.4 is 5.43 Å². The van der Waals surface area contributed by atoms with Gasteiger partial charge in [0, 0.05) is 6.42 Å². The van der Waals surface area contributed by atoms with Gasteiger partial charge in [-0.3, -0.25) is 4.79 Å². The Morgan fingerprint density at radius 1 is 1.14 bits per heavy atom. The minimum Gasteiger partial charge on any atom is -0.273 e. The summed E-state index contributed by atoms with van der Waals surface area (Å²) in [5.41, 5.74) is 5.19. The van der Waals surface area contributed by atoms with E-state index in [0.29, 0.717) is 13.0 Å². The first-order chi connectivity index (χ1) is 10.8. The lowest BCUT2D eigenvalue weighted by Gasteiger charge is -2.01. The van der Waals surface area contributed by atoms with Gasteiger partial charge in [0.05, 0.1) is 18.3 Å². The number of aryl methyl sites for hydroxylation is 1. The summed E-state index contributed by atoms with van der Waals surface area (Å²) < 4.78 is 1.72. The van der Waals surface area contributed by atoms with E-state index in [4.69, 9.17) is 0 Å². The summed E-state index contributed by atoms with van der Waals surface area (Å²) in [6.45, 7) is 0.465. The van der Waals surface area contributed by atoms with Crippen molar-refractivity contribution in [2.45, 2.75) is 13.0 Å². The monoisotopic (exact) mass is 293 g/mol. The fourth-order valence-electron chi connectivity index (χ4n) is 2.06. The van der Waals surface area contributed by atoms with Crippen molar-refractivity contribution < 1.29 is 4.79 Å². The zero-order valence-corrected chi connectivity index (χ0v) is 11.9. The Bertz CT molecular complexity index is 794. The summed E-state index contributed by atoms with van der Waals surface area (Å²) in [6.07, 6.45) is 1.91. The van der Waals surface area contributed by atoms with Crippen LogP contribution in [0.15, 0.2) is 59.7 Å². The number of nitrogens with one attached hydrogen (secondary N) is 1. The molecule has 0 aliphatic rings. The molecule has 110 valence electrons. The van der Waals surface area contributed by atoms with Crippen molar-refractivity contribution in [2.75, 3.05) is 0 Å². The minimum atomic E-state index is -0.160. The summed E-state index contributed by atoms with van der Waals surface area (Å²) >= 11 is 0. The third kappa shape index (κ3) is 3.35. The van der Waals surface area contributed by atoms with Crippen LogP contribution in [0.3, 0.4) is 0 Å². The van der Waals surface area contributed by atoms with Crippen LogP contribution in [0.2, 0.25) is 0 Å². The van der Waals surface area contributed by atoms with Crippen molar-refractivity contribution in [3.63, 3.8) is 0 Å². The maximum atomic E-state index is 11.8. The number of aromatic nitrogens is 3. The number of hydrazone groups is 1. The Balaban J connectivity index is 1.53. The molecule has 0 radical (unpaired) electrons. The molecule has 6 heteroatoms. The van der Waals surface area contributed by atoms with Gasteiger partial charge in [-0.25, -0.2) is 10.1 Å². The second kappa shape index (κ2) is 6.62. The van der Waals surface area contributed by atoms with Gasteiger partial charge in [0.25, 0.3) is 0 Å². The van der Waals surface area contributed by atoms with E-state index in [9.17, 15) is 4.79 Å². The van der Waals surface area contributed by atoms with E-state index in [1.165, 1.54) is 0 Å². The zero-order chi connectivity index (χ0) is 15.2. The summed E-state index contributed by atoms with van der Waals surface area (Å²) in [7, 11) is 0. The molecular formula is C16H15N5O. The smallest absolute Gasteiger partial charge is 0.241 e. The van der Waals surface area contributed by atoms with Gasteiger partial charge in [0.1, 0.15) is 5.52 Å². The SMILES string of the molecule is O=C(CCn1nnc2ccccc21)NN=Cc1ccccc1. The standard InChI is InChI=1S/C16H15N5O/c22-16(19-17-12-13-6-2-1-3-7-13)10-11-21-15-9-5-4-8-14(15)18-20-21/h1-9,12H,10-11H2,(H,19,22). The highest BCUT2D eigenvalue weighted by Gasteiger charge is 2.05. The van der Waals surface area contributed by atoms with Gasteiger partial charge >= 0.3 is 0 Å². The third-order valence-corrected chi connectivity index (χ3v) is 3.17. The van der Waals surface area contributed by atoms with Crippen LogP contribution >= 0.6 is 0 Å². The number of hydrogen-bond donors (Lipinski definition) is 1. The van der Waals surface area contributed by atoms with Gasteiger partial charge in [-0.2, -0.15) is 5.10 Å². The quantitative estimate of drug-likeness (QED) is 0.577. The lowest BCUT2D eigenvalue weighted by atomic mass is 10.2. The Labute approximate surface area is 127 Å². The Kier molecular flexibility index (Phi) is 4.20. The average Bonchev–Trinajstić information content (AvgIpc) is 2.97. The molecule has 0 unspecified atom stereocenters. The van der Waals surface area contributed by atoms with Gasteiger partial charge in [-0.05, 0) is 17.7 Å². The second-order valence-corrected chi connectivity index (χ2v) is 4.76. The summed E-state index contributed by atoms with van der Waals surface area (Å²) in [6, 6.07) is 17.2. The maximum absolute atomic E-state index is 11.8. The predicted octanol–water partition coefficient (Wildman–Crippen LogP) is 1.97. The van der Waals surface area contributed by atoms with Gasteiger partial charge in [-0.1, -0.05) is 47.7 Å². The minimum absolute atomic E-state index is 0.160. The molecule has 1 amide bonds. The number of carbonyl (C=O) groups is 1. The molecule has 1 N–H and O–H groups in total. The first-order valence-electron chi connectivity index (χ1n) is 6.98. The zero-order valence-electron chi connectivity index (χ0n) is 11.9. The number of fused-ring (bicyclic) bond motifs is 1. The van der Waals surface area contributed by atoms with Crippen LogP contribution in [0.25, 0.3) is 11.0 Å².